The molecule has 192 valence electrons. The maximum atomic E-state index is 12.3. The fraction of sp³-hybridized carbons (Fsp3) is 0.231. The van der Waals surface area contributed by atoms with E-state index < -0.39 is 0 Å². The number of nitrogens with zero attached hydrogens (tertiary/aromatic N) is 2. The lowest BCUT2D eigenvalue weighted by Gasteiger charge is -2.20. The Labute approximate surface area is 225 Å². The van der Waals surface area contributed by atoms with Crippen LogP contribution in [0.5, 0.6) is 17.2 Å². The second kappa shape index (κ2) is 10.8. The predicted molar refractivity (Wildman–Crippen MR) is 150 cm³/mol. The molecule has 4 aromatic rings. The van der Waals surface area contributed by atoms with Gasteiger partial charge >= 0.3 is 0 Å². The largest absolute Gasteiger partial charge is 0.486 e. The molecule has 0 saturated heterocycles. The van der Waals surface area contributed by atoms with Gasteiger partial charge in [0.05, 0.1) is 0 Å². The number of rotatable bonds is 8. The first-order chi connectivity index (χ1) is 17.6. The average Bonchev–Trinajstić information content (AvgIpc) is 3.65. The minimum atomic E-state index is 0. The zero-order valence-electron chi connectivity index (χ0n) is 20.1. The number of carbonyl (C=O) groups is 1. The van der Waals surface area contributed by atoms with Gasteiger partial charge in [0.1, 0.15) is 30.4 Å². The van der Waals surface area contributed by atoms with Crippen molar-refractivity contribution in [3.05, 3.63) is 60.8 Å². The molecule has 2 aromatic heterocycles. The summed E-state index contributed by atoms with van der Waals surface area (Å²) in [6, 6.07) is 17.5. The SMILES string of the molecule is CN(Nc1ccc(-c2cc(NC(=O)C3CC3)nc3[nH]ccc23)cc1)SOc1ccc2c(c1)OCCO2.S. The van der Waals surface area contributed by atoms with Crippen LogP contribution in [0.25, 0.3) is 22.2 Å². The maximum Gasteiger partial charge on any atom is 0.228 e. The summed E-state index contributed by atoms with van der Waals surface area (Å²) in [7, 11) is 1.87. The molecule has 3 N–H and O–H groups in total. The number of hydrogen-bond acceptors (Lipinski definition) is 8. The van der Waals surface area contributed by atoms with E-state index in [1.54, 1.807) is 4.41 Å². The normalized spacial score (nSPS) is 14.2. The predicted octanol–water partition coefficient (Wildman–Crippen LogP) is 5.36. The number of anilines is 2. The van der Waals surface area contributed by atoms with Crippen molar-refractivity contribution < 1.29 is 18.5 Å². The minimum absolute atomic E-state index is 0. The number of fused-ring (bicyclic) bond motifs is 2. The molecule has 1 aliphatic carbocycles. The first-order valence-corrected chi connectivity index (χ1v) is 12.5. The van der Waals surface area contributed by atoms with Gasteiger partial charge in [0, 0.05) is 36.3 Å². The Balaban J connectivity index is 0.00000280. The van der Waals surface area contributed by atoms with Gasteiger partial charge in [0.2, 0.25) is 5.91 Å². The molecule has 0 atom stereocenters. The standard InChI is InChI=1S/C26H25N5O4S.H2S/c1-31(36-35-19-8-9-22-23(14-19)34-13-12-33-22)30-18-6-4-16(5-7-18)21-15-24(29-26(32)17-2-3-17)28-25-20(21)10-11-27-25;/h4-11,14-15,17,30H,2-3,12-13H2,1H3,(H2,27,28,29,32);1H2. The van der Waals surface area contributed by atoms with Gasteiger partial charge in [0.25, 0.3) is 0 Å². The quantitative estimate of drug-likeness (QED) is 0.157. The molecular formula is C26H27N5O4S2. The summed E-state index contributed by atoms with van der Waals surface area (Å²) in [6.07, 6.45) is 3.76. The molecule has 0 bridgehead atoms. The maximum absolute atomic E-state index is 12.3. The van der Waals surface area contributed by atoms with Crippen molar-refractivity contribution in [2.24, 2.45) is 5.92 Å². The number of ether oxygens (including phenoxy) is 2. The van der Waals surface area contributed by atoms with Crippen LogP contribution in [-0.2, 0) is 4.79 Å². The Morgan fingerprint density at radius 2 is 1.86 bits per heavy atom. The van der Waals surface area contributed by atoms with Crippen LogP contribution in [0.15, 0.2) is 60.8 Å². The van der Waals surface area contributed by atoms with Gasteiger partial charge in [-0.25, -0.2) is 4.98 Å². The molecule has 2 aromatic carbocycles. The van der Waals surface area contributed by atoms with E-state index in [1.165, 1.54) is 12.2 Å². The molecule has 9 nitrogen and oxygen atoms in total. The van der Waals surface area contributed by atoms with Crippen molar-refractivity contribution >= 4 is 54.2 Å². The van der Waals surface area contributed by atoms with Crippen LogP contribution in [0.1, 0.15) is 12.8 Å². The molecule has 1 amide bonds. The lowest BCUT2D eigenvalue weighted by Crippen LogP contribution is -2.18. The van der Waals surface area contributed by atoms with E-state index in [1.807, 2.05) is 67.8 Å². The lowest BCUT2D eigenvalue weighted by atomic mass is 10.0. The van der Waals surface area contributed by atoms with E-state index in [-0.39, 0.29) is 25.3 Å². The van der Waals surface area contributed by atoms with Crippen molar-refractivity contribution in [1.82, 2.24) is 14.4 Å². The number of amides is 1. The highest BCUT2D eigenvalue weighted by atomic mass is 32.2. The Morgan fingerprint density at radius 1 is 1.08 bits per heavy atom. The monoisotopic (exact) mass is 537 g/mol. The summed E-state index contributed by atoms with van der Waals surface area (Å²) < 4.78 is 18.7. The van der Waals surface area contributed by atoms with Gasteiger partial charge in [-0.1, -0.05) is 12.1 Å². The molecule has 6 rings (SSSR count). The highest BCUT2D eigenvalue weighted by Crippen LogP contribution is 2.35. The van der Waals surface area contributed by atoms with Crippen LogP contribution >= 0.6 is 25.7 Å². The number of H-pyrrole nitrogens is 1. The number of nitrogens with one attached hydrogen (secondary N) is 3. The number of aromatic nitrogens is 2. The fourth-order valence-electron chi connectivity index (χ4n) is 4.01. The Bertz CT molecular complexity index is 1410. The van der Waals surface area contributed by atoms with Crippen LogP contribution in [0, 0.1) is 5.92 Å². The Hall–Kier alpha value is -3.54. The fourth-order valence-corrected chi connectivity index (χ4v) is 4.46. The van der Waals surface area contributed by atoms with Gasteiger partial charge < -0.3 is 29.4 Å². The zero-order chi connectivity index (χ0) is 24.5. The van der Waals surface area contributed by atoms with Gasteiger partial charge in [-0.05, 0) is 60.4 Å². The molecule has 1 aliphatic heterocycles. The van der Waals surface area contributed by atoms with Crippen molar-refractivity contribution in [2.75, 3.05) is 31.0 Å². The summed E-state index contributed by atoms with van der Waals surface area (Å²) >= 11 is 1.17. The second-order valence-electron chi connectivity index (χ2n) is 8.71. The third kappa shape index (κ3) is 5.74. The zero-order valence-corrected chi connectivity index (χ0v) is 21.9. The van der Waals surface area contributed by atoms with E-state index in [2.05, 4.69) is 20.7 Å². The molecule has 3 heterocycles. The molecular weight excluding hydrogens is 510 g/mol. The van der Waals surface area contributed by atoms with Gasteiger partial charge in [-0.3, -0.25) is 4.79 Å². The van der Waals surface area contributed by atoms with E-state index in [9.17, 15) is 4.79 Å². The third-order valence-electron chi connectivity index (χ3n) is 5.97. The third-order valence-corrected chi connectivity index (χ3v) is 6.55. The highest BCUT2D eigenvalue weighted by Gasteiger charge is 2.30. The number of pyridine rings is 1. The summed E-state index contributed by atoms with van der Waals surface area (Å²) in [4.78, 5) is 20.0. The molecule has 11 heteroatoms. The lowest BCUT2D eigenvalue weighted by molar-refractivity contribution is -0.117. The van der Waals surface area contributed by atoms with E-state index in [4.69, 9.17) is 13.7 Å². The van der Waals surface area contributed by atoms with Crippen molar-refractivity contribution in [2.45, 2.75) is 12.8 Å². The summed E-state index contributed by atoms with van der Waals surface area (Å²) in [6.45, 7) is 1.09. The molecule has 0 radical (unpaired) electrons. The van der Waals surface area contributed by atoms with Gasteiger partial charge in [-0.2, -0.15) is 13.5 Å². The first kappa shape index (κ1) is 25.1. The molecule has 0 spiro atoms. The van der Waals surface area contributed by atoms with Crippen molar-refractivity contribution in [3.63, 3.8) is 0 Å². The number of benzene rings is 2. The van der Waals surface area contributed by atoms with Crippen molar-refractivity contribution in [1.29, 1.82) is 0 Å². The van der Waals surface area contributed by atoms with Gasteiger partial charge in [-0.15, -0.1) is 4.41 Å². The smallest absolute Gasteiger partial charge is 0.228 e. The number of carbonyl (C=O) groups excluding carboxylic acids is 1. The average molecular weight is 538 g/mol. The van der Waals surface area contributed by atoms with Crippen LogP contribution in [0.2, 0.25) is 0 Å². The highest BCUT2D eigenvalue weighted by molar-refractivity contribution is 7.92. The number of hydrogen-bond donors (Lipinski definition) is 3. The Kier molecular flexibility index (Phi) is 7.36. The summed E-state index contributed by atoms with van der Waals surface area (Å²) in [5, 5.41) is 3.96. The molecule has 0 unspecified atom stereocenters. The molecule has 1 fully saturated rings. The van der Waals surface area contributed by atoms with Crippen LogP contribution in [0.3, 0.4) is 0 Å². The summed E-state index contributed by atoms with van der Waals surface area (Å²) in [5.74, 6) is 2.81. The number of hydrazine groups is 1. The second-order valence-corrected chi connectivity index (χ2v) is 9.57. The minimum Gasteiger partial charge on any atom is -0.486 e. The topological polar surface area (TPSA) is 101 Å². The van der Waals surface area contributed by atoms with Crippen LogP contribution < -0.4 is 24.4 Å². The van der Waals surface area contributed by atoms with Crippen LogP contribution in [-0.4, -0.2) is 40.6 Å². The molecule has 2 aliphatic rings. The molecule has 37 heavy (non-hydrogen) atoms. The molecule has 1 saturated carbocycles. The van der Waals surface area contributed by atoms with Crippen LogP contribution in [0.4, 0.5) is 11.5 Å². The van der Waals surface area contributed by atoms with Crippen molar-refractivity contribution in [3.8, 4) is 28.4 Å². The summed E-state index contributed by atoms with van der Waals surface area (Å²) in [5.41, 5.74) is 6.96. The number of aromatic amines is 1. The van der Waals surface area contributed by atoms with E-state index >= 15 is 0 Å². The van der Waals surface area contributed by atoms with E-state index in [0.717, 1.165) is 46.4 Å². The Morgan fingerprint density at radius 3 is 2.65 bits per heavy atom. The van der Waals surface area contributed by atoms with E-state index in [0.29, 0.717) is 30.5 Å². The first-order valence-electron chi connectivity index (χ1n) is 11.8. The van der Waals surface area contributed by atoms with Gasteiger partial charge in [0.15, 0.2) is 23.7 Å².